The molecule has 0 bridgehead atoms. The van der Waals surface area contributed by atoms with Crippen LogP contribution in [0.15, 0.2) is 41.2 Å². The number of rotatable bonds is 4. The molecule has 1 aromatic carbocycles. The number of benzene rings is 1. The summed E-state index contributed by atoms with van der Waals surface area (Å²) in [5, 5.41) is 6.58. The predicted octanol–water partition coefficient (Wildman–Crippen LogP) is 2.07. The van der Waals surface area contributed by atoms with Crippen LogP contribution in [0, 0.1) is 13.8 Å². The first kappa shape index (κ1) is 14.8. The number of hydrogen-bond donors (Lipinski definition) is 1. The van der Waals surface area contributed by atoms with Crippen molar-refractivity contribution in [3.63, 3.8) is 0 Å². The average molecular weight is 309 g/mol. The van der Waals surface area contributed by atoms with Crippen molar-refractivity contribution >= 4 is 5.91 Å². The molecular weight excluding hydrogens is 294 g/mol. The van der Waals surface area contributed by atoms with Crippen molar-refractivity contribution in [3.05, 3.63) is 59.5 Å². The molecule has 0 unspecified atom stereocenters. The molecule has 0 atom stereocenters. The largest absolute Gasteiger partial charge is 0.342 e. The summed E-state index contributed by atoms with van der Waals surface area (Å²) in [5.74, 6) is 0.478. The van der Waals surface area contributed by atoms with Gasteiger partial charge in [0.1, 0.15) is 5.69 Å². The van der Waals surface area contributed by atoms with E-state index in [4.69, 9.17) is 4.52 Å². The van der Waals surface area contributed by atoms with E-state index in [0.29, 0.717) is 11.7 Å². The van der Waals surface area contributed by atoms with Crippen molar-refractivity contribution in [1.29, 1.82) is 0 Å². The van der Waals surface area contributed by atoms with Gasteiger partial charge in [-0.2, -0.15) is 4.98 Å². The first-order valence-electron chi connectivity index (χ1n) is 7.08. The molecule has 1 amide bonds. The Morgan fingerprint density at radius 2 is 1.91 bits per heavy atom. The first-order chi connectivity index (χ1) is 11.1. The highest BCUT2D eigenvalue weighted by Gasteiger charge is 2.11. The Balaban J connectivity index is 1.64. The van der Waals surface area contributed by atoms with Gasteiger partial charge in [0.25, 0.3) is 5.91 Å². The van der Waals surface area contributed by atoms with E-state index in [1.165, 1.54) is 12.4 Å². The van der Waals surface area contributed by atoms with E-state index in [1.807, 2.05) is 31.2 Å². The fourth-order valence-corrected chi connectivity index (χ4v) is 1.90. The standard InChI is InChI=1S/C16H15N5O2/c1-10-3-5-12(6-4-10)15-20-14(23-21-15)9-19-16(22)13-8-17-11(2)7-18-13/h3-8H,9H2,1-2H3,(H,19,22). The smallest absolute Gasteiger partial charge is 0.271 e. The van der Waals surface area contributed by atoms with Gasteiger partial charge in [0.15, 0.2) is 0 Å². The summed E-state index contributed by atoms with van der Waals surface area (Å²) in [5.41, 5.74) is 3.01. The highest BCUT2D eigenvalue weighted by Crippen LogP contribution is 2.16. The van der Waals surface area contributed by atoms with Crippen molar-refractivity contribution in [2.24, 2.45) is 0 Å². The summed E-state index contributed by atoms with van der Waals surface area (Å²) < 4.78 is 5.14. The lowest BCUT2D eigenvalue weighted by Crippen LogP contribution is -2.24. The summed E-state index contributed by atoms with van der Waals surface area (Å²) >= 11 is 0. The molecule has 3 rings (SSSR count). The maximum Gasteiger partial charge on any atom is 0.271 e. The number of amides is 1. The molecule has 7 heteroatoms. The average Bonchev–Trinajstić information content (AvgIpc) is 3.03. The van der Waals surface area contributed by atoms with Gasteiger partial charge in [-0.25, -0.2) is 4.98 Å². The van der Waals surface area contributed by atoms with E-state index in [2.05, 4.69) is 25.4 Å². The van der Waals surface area contributed by atoms with E-state index in [9.17, 15) is 4.79 Å². The number of nitrogens with one attached hydrogen (secondary N) is 1. The molecule has 0 fully saturated rings. The molecule has 7 nitrogen and oxygen atoms in total. The van der Waals surface area contributed by atoms with Crippen LogP contribution in [0.25, 0.3) is 11.4 Å². The van der Waals surface area contributed by atoms with Crippen LogP contribution in [-0.4, -0.2) is 26.0 Å². The van der Waals surface area contributed by atoms with Gasteiger partial charge in [0, 0.05) is 11.8 Å². The fourth-order valence-electron chi connectivity index (χ4n) is 1.90. The van der Waals surface area contributed by atoms with E-state index in [0.717, 1.165) is 16.8 Å². The van der Waals surface area contributed by atoms with Crippen LogP contribution >= 0.6 is 0 Å². The van der Waals surface area contributed by atoms with Crippen LogP contribution < -0.4 is 5.32 Å². The van der Waals surface area contributed by atoms with Gasteiger partial charge in [-0.15, -0.1) is 0 Å². The lowest BCUT2D eigenvalue weighted by Gasteiger charge is -2.01. The second kappa shape index (κ2) is 6.35. The third-order valence-corrected chi connectivity index (χ3v) is 3.19. The SMILES string of the molecule is Cc1ccc(-c2noc(CNC(=O)c3cnc(C)cn3)n2)cc1. The van der Waals surface area contributed by atoms with E-state index >= 15 is 0 Å². The minimum absolute atomic E-state index is 0.132. The first-order valence-corrected chi connectivity index (χ1v) is 7.08. The monoisotopic (exact) mass is 309 g/mol. The molecule has 116 valence electrons. The van der Waals surface area contributed by atoms with Crippen LogP contribution in [0.2, 0.25) is 0 Å². The molecule has 2 aromatic heterocycles. The Bertz CT molecular complexity index is 809. The van der Waals surface area contributed by atoms with Gasteiger partial charge in [-0.05, 0) is 13.8 Å². The van der Waals surface area contributed by atoms with Gasteiger partial charge >= 0.3 is 0 Å². The maximum atomic E-state index is 11.9. The lowest BCUT2D eigenvalue weighted by atomic mass is 10.1. The molecular formula is C16H15N5O2. The van der Waals surface area contributed by atoms with Gasteiger partial charge in [-0.3, -0.25) is 9.78 Å². The fraction of sp³-hybridized carbons (Fsp3) is 0.188. The second-order valence-corrected chi connectivity index (χ2v) is 5.10. The summed E-state index contributed by atoms with van der Waals surface area (Å²) in [6.45, 7) is 3.95. The number of aryl methyl sites for hydroxylation is 2. The van der Waals surface area contributed by atoms with Gasteiger partial charge in [0.05, 0.1) is 18.4 Å². The Labute approximate surface area is 132 Å². The summed E-state index contributed by atoms with van der Waals surface area (Å²) in [6, 6.07) is 7.79. The van der Waals surface area contributed by atoms with Crippen molar-refractivity contribution in [2.75, 3.05) is 0 Å². The third-order valence-electron chi connectivity index (χ3n) is 3.19. The lowest BCUT2D eigenvalue weighted by molar-refractivity contribution is 0.0941. The quantitative estimate of drug-likeness (QED) is 0.793. The molecule has 0 saturated heterocycles. The van der Waals surface area contributed by atoms with Gasteiger partial charge < -0.3 is 9.84 Å². The Morgan fingerprint density at radius 1 is 1.13 bits per heavy atom. The third kappa shape index (κ3) is 3.57. The number of hydrogen-bond acceptors (Lipinski definition) is 6. The zero-order valence-corrected chi connectivity index (χ0v) is 12.8. The molecule has 3 aromatic rings. The highest BCUT2D eigenvalue weighted by molar-refractivity contribution is 5.91. The molecule has 0 aliphatic carbocycles. The minimum Gasteiger partial charge on any atom is -0.342 e. The zero-order valence-electron chi connectivity index (χ0n) is 12.8. The van der Waals surface area contributed by atoms with Crippen molar-refractivity contribution in [3.8, 4) is 11.4 Å². The van der Waals surface area contributed by atoms with Crippen LogP contribution in [0.4, 0.5) is 0 Å². The van der Waals surface area contributed by atoms with Crippen molar-refractivity contribution < 1.29 is 9.32 Å². The molecule has 0 spiro atoms. The second-order valence-electron chi connectivity index (χ2n) is 5.10. The minimum atomic E-state index is -0.340. The van der Waals surface area contributed by atoms with Crippen LogP contribution in [-0.2, 0) is 6.54 Å². The molecule has 0 aliphatic rings. The molecule has 0 saturated carbocycles. The van der Waals surface area contributed by atoms with Crippen LogP contribution in [0.3, 0.4) is 0 Å². The van der Waals surface area contributed by atoms with Crippen LogP contribution in [0.5, 0.6) is 0 Å². The van der Waals surface area contributed by atoms with E-state index < -0.39 is 0 Å². The van der Waals surface area contributed by atoms with Gasteiger partial charge in [-0.1, -0.05) is 35.0 Å². The molecule has 1 N–H and O–H groups in total. The molecule has 23 heavy (non-hydrogen) atoms. The predicted molar refractivity (Wildman–Crippen MR) is 82.4 cm³/mol. The zero-order chi connectivity index (χ0) is 16.2. The van der Waals surface area contributed by atoms with E-state index in [-0.39, 0.29) is 18.1 Å². The molecule has 0 radical (unpaired) electrons. The Morgan fingerprint density at radius 3 is 2.61 bits per heavy atom. The number of aromatic nitrogens is 4. The summed E-state index contributed by atoms with van der Waals surface area (Å²) in [4.78, 5) is 24.2. The summed E-state index contributed by atoms with van der Waals surface area (Å²) in [6.07, 6.45) is 2.97. The van der Waals surface area contributed by atoms with Crippen molar-refractivity contribution in [2.45, 2.75) is 20.4 Å². The normalized spacial score (nSPS) is 10.5. The van der Waals surface area contributed by atoms with Crippen LogP contribution in [0.1, 0.15) is 27.6 Å². The highest BCUT2D eigenvalue weighted by atomic mass is 16.5. The topological polar surface area (TPSA) is 93.8 Å². The molecule has 0 aliphatic heterocycles. The number of carbonyl (C=O) groups is 1. The number of carbonyl (C=O) groups excluding carboxylic acids is 1. The Kier molecular flexibility index (Phi) is 4.09. The van der Waals surface area contributed by atoms with Gasteiger partial charge in [0.2, 0.25) is 11.7 Å². The Hall–Kier alpha value is -3.09. The van der Waals surface area contributed by atoms with Crippen molar-refractivity contribution in [1.82, 2.24) is 25.4 Å². The maximum absolute atomic E-state index is 11.9. The number of nitrogens with zero attached hydrogens (tertiary/aromatic N) is 4. The van der Waals surface area contributed by atoms with E-state index in [1.54, 1.807) is 6.92 Å². The molecule has 2 heterocycles. The summed E-state index contributed by atoms with van der Waals surface area (Å²) in [7, 11) is 0.